The molecule has 0 saturated carbocycles. The quantitative estimate of drug-likeness (QED) is 0.726. The van der Waals surface area contributed by atoms with Crippen LogP contribution >= 0.6 is 12.6 Å². The highest BCUT2D eigenvalue weighted by atomic mass is 32.1. The van der Waals surface area contributed by atoms with Gasteiger partial charge in [-0.25, -0.2) is 0 Å². The summed E-state index contributed by atoms with van der Waals surface area (Å²) in [6, 6.07) is 7.79. The number of hydrogen-bond acceptors (Lipinski definition) is 2. The van der Waals surface area contributed by atoms with Crippen molar-refractivity contribution in [2.75, 3.05) is 6.61 Å². The van der Waals surface area contributed by atoms with Crippen LogP contribution in [0.2, 0.25) is 0 Å². The molecule has 0 aliphatic heterocycles. The average molecular weight is 196 g/mol. The molecule has 0 aliphatic rings. The van der Waals surface area contributed by atoms with Crippen LogP contribution in [-0.4, -0.2) is 6.61 Å². The highest BCUT2D eigenvalue weighted by molar-refractivity contribution is 7.80. The molecule has 0 amide bonds. The van der Waals surface area contributed by atoms with Crippen molar-refractivity contribution in [2.45, 2.75) is 25.2 Å². The fourth-order valence-electron chi connectivity index (χ4n) is 0.930. The van der Waals surface area contributed by atoms with E-state index < -0.39 is 0 Å². The van der Waals surface area contributed by atoms with E-state index in [0.717, 1.165) is 23.7 Å². The van der Waals surface area contributed by atoms with Crippen LogP contribution in [-0.2, 0) is 0 Å². The Hall–Kier alpha value is -0.630. The molecule has 0 fully saturated rings. The number of benzene rings is 1. The molecule has 1 aromatic rings. The molecule has 72 valence electrons. The van der Waals surface area contributed by atoms with Gasteiger partial charge in [-0.2, -0.15) is 0 Å². The van der Waals surface area contributed by atoms with Gasteiger partial charge < -0.3 is 4.74 Å². The maximum absolute atomic E-state index is 5.59. The molecule has 0 radical (unpaired) electrons. The van der Waals surface area contributed by atoms with Gasteiger partial charge in [0.25, 0.3) is 0 Å². The number of hydrogen-bond donors (Lipinski definition) is 1. The van der Waals surface area contributed by atoms with Crippen molar-refractivity contribution in [3.05, 3.63) is 24.3 Å². The molecule has 1 unspecified atom stereocenters. The van der Waals surface area contributed by atoms with Crippen LogP contribution in [0, 0.1) is 5.92 Å². The lowest BCUT2D eigenvalue weighted by Gasteiger charge is -2.10. The van der Waals surface area contributed by atoms with Crippen molar-refractivity contribution < 1.29 is 4.74 Å². The third-order valence-corrected chi connectivity index (χ3v) is 2.33. The Morgan fingerprint density at radius 1 is 1.46 bits per heavy atom. The van der Waals surface area contributed by atoms with Crippen LogP contribution in [0.5, 0.6) is 5.75 Å². The van der Waals surface area contributed by atoms with Crippen molar-refractivity contribution in [3.63, 3.8) is 0 Å². The molecule has 0 heterocycles. The van der Waals surface area contributed by atoms with Crippen molar-refractivity contribution >= 4 is 12.6 Å². The fraction of sp³-hybridized carbons (Fsp3) is 0.455. The largest absolute Gasteiger partial charge is 0.493 e. The Labute approximate surface area is 85.5 Å². The average Bonchev–Trinajstić information content (AvgIpc) is 2.14. The van der Waals surface area contributed by atoms with Crippen molar-refractivity contribution in [2.24, 2.45) is 5.92 Å². The van der Waals surface area contributed by atoms with Crippen molar-refractivity contribution in [1.29, 1.82) is 0 Å². The van der Waals surface area contributed by atoms with Gasteiger partial charge in [0.15, 0.2) is 0 Å². The van der Waals surface area contributed by atoms with Gasteiger partial charge in [0, 0.05) is 4.90 Å². The summed E-state index contributed by atoms with van der Waals surface area (Å²) in [4.78, 5) is 0.946. The van der Waals surface area contributed by atoms with E-state index in [1.165, 1.54) is 0 Å². The summed E-state index contributed by atoms with van der Waals surface area (Å²) in [5.74, 6) is 1.52. The molecule has 0 aliphatic carbocycles. The predicted molar refractivity (Wildman–Crippen MR) is 58.6 cm³/mol. The van der Waals surface area contributed by atoms with Crippen molar-refractivity contribution in [3.8, 4) is 5.75 Å². The minimum Gasteiger partial charge on any atom is -0.493 e. The van der Waals surface area contributed by atoms with Gasteiger partial charge in [-0.15, -0.1) is 12.6 Å². The van der Waals surface area contributed by atoms with E-state index in [1.54, 1.807) is 0 Å². The van der Waals surface area contributed by atoms with Gasteiger partial charge in [-0.05, 0) is 24.1 Å². The van der Waals surface area contributed by atoms with Crippen LogP contribution < -0.4 is 4.74 Å². The van der Waals surface area contributed by atoms with Gasteiger partial charge >= 0.3 is 0 Å². The lowest BCUT2D eigenvalue weighted by molar-refractivity contribution is 0.256. The summed E-state index contributed by atoms with van der Waals surface area (Å²) in [7, 11) is 0. The first-order valence-electron chi connectivity index (χ1n) is 4.64. The summed E-state index contributed by atoms with van der Waals surface area (Å²) in [6.07, 6.45) is 1.15. The van der Waals surface area contributed by atoms with Gasteiger partial charge in [0.1, 0.15) is 5.75 Å². The van der Waals surface area contributed by atoms with Crippen LogP contribution in [0.1, 0.15) is 20.3 Å². The van der Waals surface area contributed by atoms with Gasteiger partial charge in [0.05, 0.1) is 6.61 Å². The normalized spacial score (nSPS) is 12.5. The monoisotopic (exact) mass is 196 g/mol. The van der Waals surface area contributed by atoms with Crippen LogP contribution in [0.4, 0.5) is 0 Å². The second-order valence-electron chi connectivity index (χ2n) is 3.32. The minimum atomic E-state index is 0.614. The summed E-state index contributed by atoms with van der Waals surface area (Å²) >= 11 is 4.24. The Morgan fingerprint density at radius 2 is 2.23 bits per heavy atom. The second kappa shape index (κ2) is 5.18. The lowest BCUT2D eigenvalue weighted by Crippen LogP contribution is -2.06. The summed E-state index contributed by atoms with van der Waals surface area (Å²) in [5.41, 5.74) is 0. The fourth-order valence-corrected chi connectivity index (χ4v) is 1.14. The molecule has 2 heteroatoms. The highest BCUT2D eigenvalue weighted by Crippen LogP contribution is 2.16. The van der Waals surface area contributed by atoms with Crippen molar-refractivity contribution in [1.82, 2.24) is 0 Å². The lowest BCUT2D eigenvalue weighted by atomic mass is 10.1. The van der Waals surface area contributed by atoms with E-state index in [9.17, 15) is 0 Å². The Bertz CT molecular complexity index is 260. The Balaban J connectivity index is 2.45. The second-order valence-corrected chi connectivity index (χ2v) is 3.84. The zero-order chi connectivity index (χ0) is 9.68. The zero-order valence-electron chi connectivity index (χ0n) is 8.16. The van der Waals surface area contributed by atoms with E-state index in [2.05, 4.69) is 26.5 Å². The first kappa shape index (κ1) is 10.5. The van der Waals surface area contributed by atoms with E-state index in [4.69, 9.17) is 4.74 Å². The predicted octanol–water partition coefficient (Wildman–Crippen LogP) is 3.40. The van der Waals surface area contributed by atoms with E-state index >= 15 is 0 Å². The molecule has 0 saturated heterocycles. The molecule has 1 atom stereocenters. The molecule has 0 aromatic heterocycles. The van der Waals surface area contributed by atoms with Gasteiger partial charge in [0.2, 0.25) is 0 Å². The zero-order valence-corrected chi connectivity index (χ0v) is 9.05. The van der Waals surface area contributed by atoms with Gasteiger partial charge in [-0.3, -0.25) is 0 Å². The molecular formula is C11H16OS. The summed E-state index contributed by atoms with van der Waals surface area (Å²) < 4.78 is 5.59. The summed E-state index contributed by atoms with van der Waals surface area (Å²) in [6.45, 7) is 5.14. The standard InChI is InChI=1S/C11H16OS/c1-3-9(2)8-12-10-5-4-6-11(13)7-10/h4-7,9,13H,3,8H2,1-2H3. The Kier molecular flexibility index (Phi) is 4.16. The third-order valence-electron chi connectivity index (χ3n) is 2.05. The number of thiol groups is 1. The van der Waals surface area contributed by atoms with Crippen LogP contribution in [0.15, 0.2) is 29.2 Å². The molecule has 1 aromatic carbocycles. The van der Waals surface area contributed by atoms with Gasteiger partial charge in [-0.1, -0.05) is 26.3 Å². The molecule has 0 bridgehead atoms. The SMILES string of the molecule is CCC(C)COc1cccc(S)c1. The third kappa shape index (κ3) is 3.73. The molecule has 13 heavy (non-hydrogen) atoms. The molecule has 0 spiro atoms. The molecular weight excluding hydrogens is 180 g/mol. The first-order chi connectivity index (χ1) is 6.22. The summed E-state index contributed by atoms with van der Waals surface area (Å²) in [5, 5.41) is 0. The Morgan fingerprint density at radius 3 is 2.85 bits per heavy atom. The first-order valence-corrected chi connectivity index (χ1v) is 5.09. The molecule has 1 rings (SSSR count). The molecule has 1 nitrogen and oxygen atoms in total. The highest BCUT2D eigenvalue weighted by Gasteiger charge is 1.99. The van der Waals surface area contributed by atoms with Crippen LogP contribution in [0.3, 0.4) is 0 Å². The number of ether oxygens (including phenoxy) is 1. The maximum atomic E-state index is 5.59. The van der Waals surface area contributed by atoms with E-state index in [0.29, 0.717) is 5.92 Å². The molecule has 0 N–H and O–H groups in total. The maximum Gasteiger partial charge on any atom is 0.120 e. The number of rotatable bonds is 4. The van der Waals surface area contributed by atoms with E-state index in [-0.39, 0.29) is 0 Å². The van der Waals surface area contributed by atoms with Crippen LogP contribution in [0.25, 0.3) is 0 Å². The minimum absolute atomic E-state index is 0.614. The smallest absolute Gasteiger partial charge is 0.120 e. The topological polar surface area (TPSA) is 9.23 Å². The van der Waals surface area contributed by atoms with E-state index in [1.807, 2.05) is 24.3 Å².